The highest BCUT2D eigenvalue weighted by atomic mass is 16.5. The van der Waals surface area contributed by atoms with Gasteiger partial charge in [-0.1, -0.05) is 24.3 Å². The standard InChI is InChI=1S/C24H23N3O4/c1-2-30-15-7-8-17-18-12-21(28)27(24(29)22(18)23(25)31-20(17)11-15)10-9-14-13-26-19-6-4-3-5-16(14)19/h3-8,11,13,18,26H,2,9-10,12,25H2,1H3. The van der Waals surface area contributed by atoms with Crippen LogP contribution >= 0.6 is 0 Å². The Kier molecular flexibility index (Phi) is 4.66. The number of imide groups is 1. The summed E-state index contributed by atoms with van der Waals surface area (Å²) in [6.45, 7) is 2.72. The lowest BCUT2D eigenvalue weighted by Gasteiger charge is -2.36. The van der Waals surface area contributed by atoms with Crippen LogP contribution in [0.3, 0.4) is 0 Å². The number of nitrogens with two attached hydrogens (primary N) is 1. The molecule has 0 spiro atoms. The van der Waals surface area contributed by atoms with Crippen LogP contribution in [0.15, 0.2) is 60.1 Å². The number of fused-ring (bicyclic) bond motifs is 4. The molecule has 3 heterocycles. The molecule has 7 nitrogen and oxygen atoms in total. The van der Waals surface area contributed by atoms with Crippen molar-refractivity contribution in [2.75, 3.05) is 13.2 Å². The first kappa shape index (κ1) is 19.2. The summed E-state index contributed by atoms with van der Waals surface area (Å²) < 4.78 is 11.3. The molecule has 3 aromatic rings. The molecular weight excluding hydrogens is 394 g/mol. The first-order chi connectivity index (χ1) is 15.1. The fourth-order valence-electron chi connectivity index (χ4n) is 4.45. The topological polar surface area (TPSA) is 97.7 Å². The number of ether oxygens (including phenoxy) is 2. The normalized spacial score (nSPS) is 18.1. The zero-order valence-corrected chi connectivity index (χ0v) is 17.2. The highest BCUT2D eigenvalue weighted by molar-refractivity contribution is 6.09. The van der Waals surface area contributed by atoms with E-state index in [-0.39, 0.29) is 24.1 Å². The van der Waals surface area contributed by atoms with Crippen LogP contribution in [0.2, 0.25) is 0 Å². The number of carbonyl (C=O) groups is 2. The molecule has 158 valence electrons. The Bertz CT molecular complexity index is 1230. The summed E-state index contributed by atoms with van der Waals surface area (Å²) in [6, 6.07) is 13.4. The molecule has 1 atom stereocenters. The van der Waals surface area contributed by atoms with Gasteiger partial charge >= 0.3 is 0 Å². The highest BCUT2D eigenvalue weighted by Crippen LogP contribution is 2.44. The molecule has 0 bridgehead atoms. The summed E-state index contributed by atoms with van der Waals surface area (Å²) in [4.78, 5) is 30.7. The third-order valence-electron chi connectivity index (χ3n) is 5.94. The van der Waals surface area contributed by atoms with Crippen LogP contribution in [0.1, 0.15) is 30.4 Å². The number of para-hydroxylation sites is 1. The molecule has 2 aliphatic heterocycles. The van der Waals surface area contributed by atoms with Crippen LogP contribution in [0, 0.1) is 0 Å². The molecule has 7 heteroatoms. The van der Waals surface area contributed by atoms with Gasteiger partial charge in [-0.15, -0.1) is 0 Å². The minimum Gasteiger partial charge on any atom is -0.494 e. The summed E-state index contributed by atoms with van der Waals surface area (Å²) in [5.41, 5.74) is 9.38. The highest BCUT2D eigenvalue weighted by Gasteiger charge is 2.43. The Labute approximate surface area is 179 Å². The average molecular weight is 417 g/mol. The van der Waals surface area contributed by atoms with Gasteiger partial charge in [0.1, 0.15) is 11.5 Å². The number of amides is 2. The predicted molar refractivity (Wildman–Crippen MR) is 116 cm³/mol. The minimum absolute atomic E-state index is 0.0562. The van der Waals surface area contributed by atoms with Crippen molar-refractivity contribution in [2.24, 2.45) is 5.73 Å². The second-order valence-corrected chi connectivity index (χ2v) is 7.73. The zero-order valence-electron chi connectivity index (χ0n) is 17.2. The minimum atomic E-state index is -0.399. The van der Waals surface area contributed by atoms with Gasteiger partial charge in [0, 0.05) is 47.6 Å². The molecule has 1 unspecified atom stereocenters. The van der Waals surface area contributed by atoms with E-state index in [1.165, 1.54) is 4.90 Å². The van der Waals surface area contributed by atoms with E-state index in [0.29, 0.717) is 36.6 Å². The number of rotatable bonds is 5. The smallest absolute Gasteiger partial charge is 0.262 e. The number of hydrogen-bond donors (Lipinski definition) is 2. The van der Waals surface area contributed by atoms with E-state index < -0.39 is 5.92 Å². The largest absolute Gasteiger partial charge is 0.494 e. The summed E-state index contributed by atoms with van der Waals surface area (Å²) in [5.74, 6) is 0.270. The molecule has 2 aromatic carbocycles. The monoisotopic (exact) mass is 417 g/mol. The maximum atomic E-state index is 13.2. The Morgan fingerprint density at radius 2 is 2.06 bits per heavy atom. The van der Waals surface area contributed by atoms with Crippen LogP contribution in [-0.4, -0.2) is 34.8 Å². The van der Waals surface area contributed by atoms with Gasteiger partial charge in [-0.05, 0) is 31.0 Å². The van der Waals surface area contributed by atoms with Crippen LogP contribution < -0.4 is 15.2 Å². The Hall–Kier alpha value is -3.74. The van der Waals surface area contributed by atoms with Crippen molar-refractivity contribution >= 4 is 22.7 Å². The van der Waals surface area contributed by atoms with Crippen molar-refractivity contribution in [3.05, 3.63) is 71.2 Å². The lowest BCUT2D eigenvalue weighted by Crippen LogP contribution is -2.47. The molecule has 1 fully saturated rings. The number of nitrogens with one attached hydrogen (secondary N) is 1. The number of hydrogen-bond acceptors (Lipinski definition) is 5. The number of piperidine rings is 1. The Balaban J connectivity index is 1.40. The maximum absolute atomic E-state index is 13.2. The second-order valence-electron chi connectivity index (χ2n) is 7.73. The molecule has 31 heavy (non-hydrogen) atoms. The molecular formula is C24H23N3O4. The number of likely N-dealkylation sites (tertiary alicyclic amines) is 1. The average Bonchev–Trinajstić information content (AvgIpc) is 3.16. The molecule has 2 aliphatic rings. The molecule has 1 aromatic heterocycles. The Morgan fingerprint density at radius 1 is 1.23 bits per heavy atom. The van der Waals surface area contributed by atoms with Gasteiger partial charge in [0.05, 0.1) is 12.2 Å². The first-order valence-electron chi connectivity index (χ1n) is 10.4. The number of nitrogens with zero attached hydrogens (tertiary/aromatic N) is 1. The molecule has 0 radical (unpaired) electrons. The van der Waals surface area contributed by atoms with Gasteiger partial charge in [0.15, 0.2) is 5.88 Å². The third kappa shape index (κ3) is 3.22. The fraction of sp³-hybridized carbons (Fsp3) is 0.250. The van der Waals surface area contributed by atoms with Crippen LogP contribution in [-0.2, 0) is 16.0 Å². The van der Waals surface area contributed by atoms with Crippen molar-refractivity contribution < 1.29 is 19.1 Å². The van der Waals surface area contributed by atoms with Gasteiger partial charge in [-0.2, -0.15) is 0 Å². The van der Waals surface area contributed by atoms with E-state index in [0.717, 1.165) is 22.0 Å². The number of benzene rings is 2. The van der Waals surface area contributed by atoms with E-state index in [9.17, 15) is 9.59 Å². The summed E-state index contributed by atoms with van der Waals surface area (Å²) in [6.07, 6.45) is 2.67. The predicted octanol–water partition coefficient (Wildman–Crippen LogP) is 3.21. The van der Waals surface area contributed by atoms with Crippen LogP contribution in [0.5, 0.6) is 11.5 Å². The lowest BCUT2D eigenvalue weighted by molar-refractivity contribution is -0.145. The van der Waals surface area contributed by atoms with Crippen molar-refractivity contribution in [3.8, 4) is 11.5 Å². The molecule has 2 amide bonds. The van der Waals surface area contributed by atoms with Crippen molar-refractivity contribution in [3.63, 3.8) is 0 Å². The molecule has 1 saturated heterocycles. The van der Waals surface area contributed by atoms with Gasteiger partial charge in [0.25, 0.3) is 5.91 Å². The SMILES string of the molecule is CCOc1ccc2c(c1)OC(N)=C1C(=O)N(CCc3c[nH]c4ccccc34)C(=O)CC12. The molecule has 0 saturated carbocycles. The quantitative estimate of drug-likeness (QED) is 0.621. The van der Waals surface area contributed by atoms with Crippen LogP contribution in [0.25, 0.3) is 10.9 Å². The van der Waals surface area contributed by atoms with Gasteiger partial charge in [-0.25, -0.2) is 0 Å². The summed E-state index contributed by atoms with van der Waals surface area (Å²) in [5, 5.41) is 1.09. The van der Waals surface area contributed by atoms with Gasteiger partial charge < -0.3 is 20.2 Å². The zero-order chi connectivity index (χ0) is 21.5. The second kappa shape index (κ2) is 7.50. The van der Waals surface area contributed by atoms with E-state index in [1.807, 2.05) is 49.5 Å². The summed E-state index contributed by atoms with van der Waals surface area (Å²) >= 11 is 0. The molecule has 5 rings (SSSR count). The van der Waals surface area contributed by atoms with E-state index in [2.05, 4.69) is 4.98 Å². The van der Waals surface area contributed by atoms with E-state index in [1.54, 1.807) is 6.07 Å². The van der Waals surface area contributed by atoms with Crippen molar-refractivity contribution in [1.82, 2.24) is 9.88 Å². The number of carbonyl (C=O) groups excluding carboxylic acids is 2. The summed E-state index contributed by atoms with van der Waals surface area (Å²) in [7, 11) is 0. The maximum Gasteiger partial charge on any atom is 0.262 e. The number of aromatic nitrogens is 1. The van der Waals surface area contributed by atoms with Gasteiger partial charge in [0.2, 0.25) is 5.91 Å². The fourth-order valence-corrected chi connectivity index (χ4v) is 4.45. The van der Waals surface area contributed by atoms with Gasteiger partial charge in [-0.3, -0.25) is 14.5 Å². The third-order valence-corrected chi connectivity index (χ3v) is 5.94. The lowest BCUT2D eigenvalue weighted by atomic mass is 9.82. The first-order valence-corrected chi connectivity index (χ1v) is 10.4. The van der Waals surface area contributed by atoms with E-state index >= 15 is 0 Å². The van der Waals surface area contributed by atoms with Crippen LogP contribution in [0.4, 0.5) is 0 Å². The molecule has 3 N–H and O–H groups in total. The molecule has 0 aliphatic carbocycles. The number of H-pyrrole nitrogens is 1. The van der Waals surface area contributed by atoms with E-state index in [4.69, 9.17) is 15.2 Å². The van der Waals surface area contributed by atoms with Crippen molar-refractivity contribution in [2.45, 2.75) is 25.7 Å². The Morgan fingerprint density at radius 3 is 2.90 bits per heavy atom. The number of aromatic amines is 1. The van der Waals surface area contributed by atoms with Crippen molar-refractivity contribution in [1.29, 1.82) is 0 Å².